The Morgan fingerprint density at radius 2 is 2.00 bits per heavy atom. The van der Waals surface area contributed by atoms with Gasteiger partial charge in [-0.3, -0.25) is 0 Å². The molecule has 98 valence electrons. The van der Waals surface area contributed by atoms with Gasteiger partial charge in [0, 0.05) is 7.05 Å². The average Bonchev–Trinajstić information content (AvgIpc) is 2.46. The van der Waals surface area contributed by atoms with Gasteiger partial charge in [-0.05, 0) is 12.1 Å². The fourth-order valence-electron chi connectivity index (χ4n) is 1.64. The van der Waals surface area contributed by atoms with Crippen molar-refractivity contribution in [2.45, 2.75) is 0 Å². The van der Waals surface area contributed by atoms with E-state index in [1.165, 1.54) is 12.4 Å². The Bertz CT molecular complexity index is 584. The van der Waals surface area contributed by atoms with Crippen LogP contribution in [0.15, 0.2) is 36.7 Å². The Labute approximate surface area is 110 Å². The largest absolute Gasteiger partial charge is 0.495 e. The van der Waals surface area contributed by atoms with E-state index in [1.807, 2.05) is 31.3 Å². The molecule has 0 bridgehead atoms. The van der Waals surface area contributed by atoms with Crippen LogP contribution in [0.1, 0.15) is 10.5 Å². The topological polar surface area (TPSA) is 75.5 Å². The number of hydrogen-bond acceptors (Lipinski definition) is 5. The maximum absolute atomic E-state index is 10.7. The lowest BCUT2D eigenvalue weighted by atomic mass is 10.2. The molecule has 1 N–H and O–H groups in total. The van der Waals surface area contributed by atoms with Crippen LogP contribution < -0.4 is 9.64 Å². The molecule has 6 nitrogen and oxygen atoms in total. The van der Waals surface area contributed by atoms with E-state index in [0.717, 1.165) is 5.69 Å². The summed E-state index contributed by atoms with van der Waals surface area (Å²) in [6.07, 6.45) is 2.64. The lowest BCUT2D eigenvalue weighted by molar-refractivity contribution is 0.0690. The molecule has 1 aromatic heterocycles. The monoisotopic (exact) mass is 259 g/mol. The molecule has 0 aliphatic heterocycles. The third-order valence-electron chi connectivity index (χ3n) is 2.65. The van der Waals surface area contributed by atoms with Crippen molar-refractivity contribution in [2.24, 2.45) is 0 Å². The van der Waals surface area contributed by atoms with Crippen molar-refractivity contribution in [1.82, 2.24) is 9.97 Å². The quantitative estimate of drug-likeness (QED) is 0.904. The van der Waals surface area contributed by atoms with E-state index in [1.54, 1.807) is 12.0 Å². The van der Waals surface area contributed by atoms with Gasteiger partial charge in [-0.2, -0.15) is 0 Å². The minimum Gasteiger partial charge on any atom is -0.495 e. The maximum Gasteiger partial charge on any atom is 0.356 e. The third-order valence-corrected chi connectivity index (χ3v) is 2.65. The SMILES string of the molecule is COc1ccccc1N(C)c1cnc(C(=O)O)cn1. The molecule has 2 aromatic rings. The van der Waals surface area contributed by atoms with Gasteiger partial charge >= 0.3 is 5.97 Å². The number of para-hydroxylation sites is 2. The summed E-state index contributed by atoms with van der Waals surface area (Å²) in [5, 5.41) is 8.78. The molecule has 0 unspecified atom stereocenters. The summed E-state index contributed by atoms with van der Waals surface area (Å²) in [7, 11) is 3.40. The number of anilines is 2. The van der Waals surface area contributed by atoms with Gasteiger partial charge in [-0.25, -0.2) is 14.8 Å². The average molecular weight is 259 g/mol. The lowest BCUT2D eigenvalue weighted by Gasteiger charge is -2.20. The molecule has 2 rings (SSSR count). The zero-order valence-electron chi connectivity index (χ0n) is 10.6. The third kappa shape index (κ3) is 2.62. The smallest absolute Gasteiger partial charge is 0.356 e. The molecule has 0 amide bonds. The van der Waals surface area contributed by atoms with E-state index in [9.17, 15) is 4.79 Å². The van der Waals surface area contributed by atoms with Gasteiger partial charge in [0.15, 0.2) is 11.5 Å². The van der Waals surface area contributed by atoms with Gasteiger partial charge in [-0.15, -0.1) is 0 Å². The van der Waals surface area contributed by atoms with Crippen LogP contribution in [0.5, 0.6) is 5.75 Å². The number of methoxy groups -OCH3 is 1. The number of hydrogen-bond donors (Lipinski definition) is 1. The number of benzene rings is 1. The fraction of sp³-hybridized carbons (Fsp3) is 0.154. The van der Waals surface area contributed by atoms with Crippen molar-refractivity contribution >= 4 is 17.5 Å². The van der Waals surface area contributed by atoms with Gasteiger partial charge in [0.1, 0.15) is 5.75 Å². The first-order chi connectivity index (χ1) is 9.13. The van der Waals surface area contributed by atoms with E-state index >= 15 is 0 Å². The predicted molar refractivity (Wildman–Crippen MR) is 70.0 cm³/mol. The van der Waals surface area contributed by atoms with Gasteiger partial charge in [0.25, 0.3) is 0 Å². The first-order valence-corrected chi connectivity index (χ1v) is 5.55. The van der Waals surface area contributed by atoms with Crippen molar-refractivity contribution in [1.29, 1.82) is 0 Å². The van der Waals surface area contributed by atoms with Crippen molar-refractivity contribution in [2.75, 3.05) is 19.1 Å². The van der Waals surface area contributed by atoms with Crippen LogP contribution in [0.4, 0.5) is 11.5 Å². The second-order valence-corrected chi connectivity index (χ2v) is 3.80. The van der Waals surface area contributed by atoms with Crippen LogP contribution in [0.2, 0.25) is 0 Å². The summed E-state index contributed by atoms with van der Waals surface area (Å²) >= 11 is 0. The van der Waals surface area contributed by atoms with Crippen LogP contribution in [0.3, 0.4) is 0 Å². The molecule has 19 heavy (non-hydrogen) atoms. The van der Waals surface area contributed by atoms with E-state index in [2.05, 4.69) is 9.97 Å². The van der Waals surface area contributed by atoms with Gasteiger partial charge < -0.3 is 14.7 Å². The van der Waals surface area contributed by atoms with E-state index in [0.29, 0.717) is 11.6 Å². The molecule has 0 atom stereocenters. The summed E-state index contributed by atoms with van der Waals surface area (Å²) in [4.78, 5) is 20.4. The van der Waals surface area contributed by atoms with Crippen LogP contribution in [0.25, 0.3) is 0 Å². The number of aromatic carboxylic acids is 1. The highest BCUT2D eigenvalue weighted by Crippen LogP contribution is 2.30. The second-order valence-electron chi connectivity index (χ2n) is 3.80. The molecule has 0 fully saturated rings. The molecule has 1 aromatic carbocycles. The summed E-state index contributed by atoms with van der Waals surface area (Å²) < 4.78 is 5.27. The van der Waals surface area contributed by atoms with Crippen molar-refractivity contribution < 1.29 is 14.6 Å². The zero-order valence-corrected chi connectivity index (χ0v) is 10.6. The molecule has 1 heterocycles. The maximum atomic E-state index is 10.7. The Kier molecular flexibility index (Phi) is 3.61. The van der Waals surface area contributed by atoms with Crippen LogP contribution in [0, 0.1) is 0 Å². The van der Waals surface area contributed by atoms with Crippen molar-refractivity contribution in [3.05, 3.63) is 42.4 Å². The lowest BCUT2D eigenvalue weighted by Crippen LogP contribution is -2.13. The first-order valence-electron chi connectivity index (χ1n) is 5.55. The Morgan fingerprint density at radius 3 is 2.58 bits per heavy atom. The van der Waals surface area contributed by atoms with Gasteiger partial charge in [-0.1, -0.05) is 12.1 Å². The summed E-state index contributed by atoms with van der Waals surface area (Å²) in [5.41, 5.74) is 0.736. The predicted octanol–water partition coefficient (Wildman–Crippen LogP) is 1.95. The summed E-state index contributed by atoms with van der Waals surface area (Å²) in [5.74, 6) is 0.141. The molecule has 0 saturated carbocycles. The molecular weight excluding hydrogens is 246 g/mol. The molecule has 0 radical (unpaired) electrons. The molecular formula is C13H13N3O3. The van der Waals surface area contributed by atoms with Crippen LogP contribution >= 0.6 is 0 Å². The Balaban J connectivity index is 2.33. The number of ether oxygens (including phenoxy) is 1. The first kappa shape index (κ1) is 12.8. The number of carboxylic acids is 1. The number of carbonyl (C=O) groups is 1. The van der Waals surface area contributed by atoms with Crippen molar-refractivity contribution in [3.8, 4) is 5.75 Å². The van der Waals surface area contributed by atoms with E-state index in [4.69, 9.17) is 9.84 Å². The summed E-state index contributed by atoms with van der Waals surface area (Å²) in [6, 6.07) is 7.47. The van der Waals surface area contributed by atoms with Gasteiger partial charge in [0.2, 0.25) is 0 Å². The minimum atomic E-state index is -1.10. The van der Waals surface area contributed by atoms with E-state index < -0.39 is 5.97 Å². The minimum absolute atomic E-state index is 0.0859. The fourth-order valence-corrected chi connectivity index (χ4v) is 1.64. The molecule has 0 aliphatic carbocycles. The highest BCUT2D eigenvalue weighted by Gasteiger charge is 2.12. The second kappa shape index (κ2) is 5.34. The van der Waals surface area contributed by atoms with Crippen molar-refractivity contribution in [3.63, 3.8) is 0 Å². The number of rotatable bonds is 4. The zero-order chi connectivity index (χ0) is 13.8. The van der Waals surface area contributed by atoms with Crippen LogP contribution in [-0.2, 0) is 0 Å². The normalized spacial score (nSPS) is 10.0. The Hall–Kier alpha value is -2.63. The Morgan fingerprint density at radius 1 is 1.26 bits per heavy atom. The molecule has 0 saturated heterocycles. The summed E-state index contributed by atoms with van der Waals surface area (Å²) in [6.45, 7) is 0. The highest BCUT2D eigenvalue weighted by molar-refractivity contribution is 5.85. The van der Waals surface area contributed by atoms with Crippen LogP contribution in [-0.4, -0.2) is 35.2 Å². The standard InChI is InChI=1S/C13H13N3O3/c1-16(10-5-3-4-6-11(10)19-2)12-8-14-9(7-15-12)13(17)18/h3-8H,1-2H3,(H,17,18). The van der Waals surface area contributed by atoms with E-state index in [-0.39, 0.29) is 5.69 Å². The molecule has 0 spiro atoms. The molecule has 6 heteroatoms. The number of aromatic nitrogens is 2. The van der Waals surface area contributed by atoms with Gasteiger partial charge in [0.05, 0.1) is 25.2 Å². The molecule has 0 aliphatic rings. The highest BCUT2D eigenvalue weighted by atomic mass is 16.5. The number of carboxylic acid groups (broad SMARTS) is 1. The number of nitrogens with zero attached hydrogens (tertiary/aromatic N) is 3.